The third kappa shape index (κ3) is 4.14. The third-order valence-electron chi connectivity index (χ3n) is 5.00. The average Bonchev–Trinajstić information content (AvgIpc) is 3.24. The first-order chi connectivity index (χ1) is 13.7. The molecular formula is C21H24N6O. The van der Waals surface area contributed by atoms with Crippen LogP contribution < -0.4 is 16.4 Å². The SMILES string of the molecule is NC(=O)c1cnc(NC2CCCCC2)nc1Nc1cccc(-n2cccc2)c1. The second kappa shape index (κ2) is 8.12. The van der Waals surface area contributed by atoms with E-state index in [-0.39, 0.29) is 5.56 Å². The zero-order valence-corrected chi connectivity index (χ0v) is 15.6. The number of hydrogen-bond donors (Lipinski definition) is 3. The van der Waals surface area contributed by atoms with Crippen LogP contribution in [0.4, 0.5) is 17.5 Å². The molecule has 7 heteroatoms. The van der Waals surface area contributed by atoms with Gasteiger partial charge in [0.2, 0.25) is 5.95 Å². The molecule has 1 aliphatic carbocycles. The Hall–Kier alpha value is -3.35. The number of carbonyl (C=O) groups is 1. The largest absolute Gasteiger partial charge is 0.365 e. The fourth-order valence-corrected chi connectivity index (χ4v) is 3.54. The fraction of sp³-hybridized carbons (Fsp3) is 0.286. The number of primary amides is 1. The molecule has 1 aliphatic rings. The number of nitrogens with two attached hydrogens (primary N) is 1. The molecule has 2 aromatic heterocycles. The molecule has 0 radical (unpaired) electrons. The lowest BCUT2D eigenvalue weighted by atomic mass is 9.96. The van der Waals surface area contributed by atoms with Crippen molar-refractivity contribution in [1.29, 1.82) is 0 Å². The Balaban J connectivity index is 1.59. The highest BCUT2D eigenvalue weighted by molar-refractivity contribution is 5.98. The number of nitrogens with one attached hydrogen (secondary N) is 2. The van der Waals surface area contributed by atoms with Crippen molar-refractivity contribution in [3.8, 4) is 5.69 Å². The van der Waals surface area contributed by atoms with Gasteiger partial charge in [0.05, 0.1) is 0 Å². The van der Waals surface area contributed by atoms with Gasteiger partial charge in [-0.25, -0.2) is 4.98 Å². The highest BCUT2D eigenvalue weighted by Crippen LogP contribution is 2.24. The van der Waals surface area contributed by atoms with Gasteiger partial charge in [0.25, 0.3) is 5.91 Å². The molecule has 7 nitrogen and oxygen atoms in total. The molecule has 3 aromatic rings. The van der Waals surface area contributed by atoms with E-state index in [1.807, 2.05) is 53.4 Å². The van der Waals surface area contributed by atoms with Crippen molar-refractivity contribution < 1.29 is 4.79 Å². The van der Waals surface area contributed by atoms with Crippen molar-refractivity contribution in [3.05, 3.63) is 60.6 Å². The van der Waals surface area contributed by atoms with E-state index in [0.29, 0.717) is 17.8 Å². The predicted octanol–water partition coefficient (Wildman–Crippen LogP) is 3.85. The molecule has 1 amide bonds. The van der Waals surface area contributed by atoms with E-state index in [0.717, 1.165) is 24.2 Å². The summed E-state index contributed by atoms with van der Waals surface area (Å²) in [4.78, 5) is 20.7. The predicted molar refractivity (Wildman–Crippen MR) is 110 cm³/mol. The maximum atomic E-state index is 11.8. The van der Waals surface area contributed by atoms with Crippen molar-refractivity contribution in [3.63, 3.8) is 0 Å². The average molecular weight is 376 g/mol. The number of anilines is 3. The van der Waals surface area contributed by atoms with Crippen LogP contribution in [0.2, 0.25) is 0 Å². The highest BCUT2D eigenvalue weighted by atomic mass is 16.1. The van der Waals surface area contributed by atoms with E-state index in [9.17, 15) is 4.79 Å². The number of benzene rings is 1. The standard InChI is InChI=1S/C21H24N6O/c22-19(28)18-14-23-21(25-15-7-2-1-3-8-15)26-20(18)24-16-9-6-10-17(13-16)27-11-4-5-12-27/h4-6,9-15H,1-3,7-8H2,(H2,22,28)(H2,23,24,25,26). The molecule has 2 heterocycles. The minimum atomic E-state index is -0.562. The summed E-state index contributed by atoms with van der Waals surface area (Å²) < 4.78 is 2.01. The Morgan fingerprint density at radius 2 is 1.89 bits per heavy atom. The number of nitrogens with zero attached hydrogens (tertiary/aromatic N) is 3. The minimum Gasteiger partial charge on any atom is -0.365 e. The van der Waals surface area contributed by atoms with E-state index in [1.165, 1.54) is 25.5 Å². The first kappa shape index (κ1) is 18.0. The first-order valence-corrected chi connectivity index (χ1v) is 9.63. The molecule has 0 bridgehead atoms. The molecule has 0 unspecified atom stereocenters. The van der Waals surface area contributed by atoms with Crippen LogP contribution in [-0.4, -0.2) is 26.5 Å². The van der Waals surface area contributed by atoms with E-state index in [2.05, 4.69) is 20.6 Å². The summed E-state index contributed by atoms with van der Waals surface area (Å²) in [5.74, 6) is 0.361. The Bertz CT molecular complexity index is 947. The van der Waals surface area contributed by atoms with Gasteiger partial charge in [0, 0.05) is 36.0 Å². The van der Waals surface area contributed by atoms with Crippen LogP contribution >= 0.6 is 0 Å². The van der Waals surface area contributed by atoms with Crippen molar-refractivity contribution in [2.45, 2.75) is 38.1 Å². The topological polar surface area (TPSA) is 97.9 Å². The maximum absolute atomic E-state index is 11.8. The zero-order chi connectivity index (χ0) is 19.3. The molecule has 1 fully saturated rings. The van der Waals surface area contributed by atoms with E-state index in [4.69, 9.17) is 5.73 Å². The summed E-state index contributed by atoms with van der Waals surface area (Å²) >= 11 is 0. The summed E-state index contributed by atoms with van der Waals surface area (Å²) in [6.45, 7) is 0. The molecule has 4 rings (SSSR count). The van der Waals surface area contributed by atoms with Gasteiger partial charge in [-0.2, -0.15) is 4.98 Å². The fourth-order valence-electron chi connectivity index (χ4n) is 3.54. The smallest absolute Gasteiger partial charge is 0.254 e. The third-order valence-corrected chi connectivity index (χ3v) is 5.00. The van der Waals surface area contributed by atoms with Gasteiger partial charge in [-0.3, -0.25) is 4.79 Å². The number of carbonyl (C=O) groups excluding carboxylic acids is 1. The molecule has 144 valence electrons. The quantitative estimate of drug-likeness (QED) is 0.607. The van der Waals surface area contributed by atoms with E-state index >= 15 is 0 Å². The second-order valence-corrected chi connectivity index (χ2v) is 7.07. The maximum Gasteiger partial charge on any atom is 0.254 e. The highest BCUT2D eigenvalue weighted by Gasteiger charge is 2.17. The van der Waals surface area contributed by atoms with E-state index in [1.54, 1.807) is 0 Å². The molecular weight excluding hydrogens is 352 g/mol. The van der Waals surface area contributed by atoms with Crippen LogP contribution in [0.1, 0.15) is 42.5 Å². The van der Waals surface area contributed by atoms with Crippen molar-refractivity contribution >= 4 is 23.4 Å². The van der Waals surface area contributed by atoms with Crippen LogP contribution in [0.3, 0.4) is 0 Å². The zero-order valence-electron chi connectivity index (χ0n) is 15.6. The summed E-state index contributed by atoms with van der Waals surface area (Å²) in [6.07, 6.45) is 11.4. The van der Waals surface area contributed by atoms with Crippen molar-refractivity contribution in [1.82, 2.24) is 14.5 Å². The van der Waals surface area contributed by atoms with Gasteiger partial charge in [0.15, 0.2) is 0 Å². The Kier molecular flexibility index (Phi) is 5.23. The molecule has 0 saturated heterocycles. The molecule has 28 heavy (non-hydrogen) atoms. The molecule has 1 aromatic carbocycles. The summed E-state index contributed by atoms with van der Waals surface area (Å²) in [5.41, 5.74) is 7.61. The lowest BCUT2D eigenvalue weighted by Gasteiger charge is -2.23. The van der Waals surface area contributed by atoms with Gasteiger partial charge < -0.3 is 20.9 Å². The Labute approximate surface area is 164 Å². The Morgan fingerprint density at radius 1 is 1.11 bits per heavy atom. The number of hydrogen-bond acceptors (Lipinski definition) is 5. The van der Waals surface area contributed by atoms with Gasteiger partial charge in [-0.15, -0.1) is 0 Å². The number of aromatic nitrogens is 3. The summed E-state index contributed by atoms with van der Waals surface area (Å²) in [7, 11) is 0. The number of rotatable bonds is 6. The molecule has 1 saturated carbocycles. The molecule has 0 spiro atoms. The van der Waals surface area contributed by atoms with Crippen molar-refractivity contribution in [2.75, 3.05) is 10.6 Å². The monoisotopic (exact) mass is 376 g/mol. The van der Waals surface area contributed by atoms with Crippen LogP contribution in [0.5, 0.6) is 0 Å². The molecule has 0 atom stereocenters. The van der Waals surface area contributed by atoms with Crippen LogP contribution in [0.25, 0.3) is 5.69 Å². The minimum absolute atomic E-state index is 0.264. The van der Waals surface area contributed by atoms with Gasteiger partial charge in [0.1, 0.15) is 11.4 Å². The van der Waals surface area contributed by atoms with Gasteiger partial charge >= 0.3 is 0 Å². The van der Waals surface area contributed by atoms with Crippen LogP contribution in [0.15, 0.2) is 55.0 Å². The van der Waals surface area contributed by atoms with Gasteiger partial charge in [-0.1, -0.05) is 25.3 Å². The van der Waals surface area contributed by atoms with Crippen LogP contribution in [0, 0.1) is 0 Å². The lowest BCUT2D eigenvalue weighted by Crippen LogP contribution is -2.24. The number of amides is 1. The first-order valence-electron chi connectivity index (χ1n) is 9.63. The summed E-state index contributed by atoms with van der Waals surface area (Å²) in [5, 5.41) is 6.62. The second-order valence-electron chi connectivity index (χ2n) is 7.07. The van der Waals surface area contributed by atoms with Crippen LogP contribution in [-0.2, 0) is 0 Å². The summed E-state index contributed by atoms with van der Waals surface area (Å²) in [6, 6.07) is 12.2. The Morgan fingerprint density at radius 3 is 2.64 bits per heavy atom. The lowest BCUT2D eigenvalue weighted by molar-refractivity contribution is 0.100. The van der Waals surface area contributed by atoms with E-state index < -0.39 is 5.91 Å². The van der Waals surface area contributed by atoms with Crippen molar-refractivity contribution in [2.24, 2.45) is 5.73 Å². The van der Waals surface area contributed by atoms with Gasteiger partial charge in [-0.05, 0) is 43.2 Å². The normalized spacial score (nSPS) is 14.6. The molecule has 4 N–H and O–H groups in total. The molecule has 0 aliphatic heterocycles.